The summed E-state index contributed by atoms with van der Waals surface area (Å²) < 4.78 is 67.3. The fourth-order valence-electron chi connectivity index (χ4n) is 4.54. The second-order valence-electron chi connectivity index (χ2n) is 9.96. The number of nitrogens with one attached hydrogen (secondary N) is 2. The van der Waals surface area contributed by atoms with E-state index in [2.05, 4.69) is 31.9 Å². The second kappa shape index (κ2) is 12.7. The summed E-state index contributed by atoms with van der Waals surface area (Å²) in [6.07, 6.45) is 2.18. The maximum atomic E-state index is 14.1. The Bertz CT molecular complexity index is 1310. The molecule has 0 spiro atoms. The summed E-state index contributed by atoms with van der Waals surface area (Å²) in [5.74, 6) is -4.05. The van der Waals surface area contributed by atoms with E-state index >= 15 is 0 Å². The molecule has 1 saturated carbocycles. The Kier molecular flexibility index (Phi) is 9.31. The molecule has 1 aromatic carbocycles. The average Bonchev–Trinajstić information content (AvgIpc) is 2.94. The van der Waals surface area contributed by atoms with E-state index in [4.69, 9.17) is 0 Å². The third-order valence-electron chi connectivity index (χ3n) is 7.00. The molecule has 1 aliphatic carbocycles. The van der Waals surface area contributed by atoms with Crippen molar-refractivity contribution >= 4 is 29.7 Å². The van der Waals surface area contributed by atoms with Gasteiger partial charge >= 0.3 is 6.18 Å². The maximum absolute atomic E-state index is 14.1. The summed E-state index contributed by atoms with van der Waals surface area (Å²) >= 11 is 0. The van der Waals surface area contributed by atoms with E-state index in [1.165, 1.54) is 12.1 Å². The molecular formula is C27H29F5N6O3. The largest absolute Gasteiger partial charge is 0.417 e. The smallest absolute Gasteiger partial charge is 0.380 e. The van der Waals surface area contributed by atoms with Crippen LogP contribution in [0.3, 0.4) is 0 Å². The number of rotatable bonds is 5. The molecule has 14 heteroatoms. The molecule has 2 aromatic rings. The first kappa shape index (κ1) is 30.0. The number of carbonyl (C=O) groups excluding carboxylic acids is 2. The molecule has 1 aliphatic heterocycles. The highest BCUT2D eigenvalue weighted by molar-refractivity contribution is 6.08. The Balaban J connectivity index is 1.45. The molecule has 0 unspecified atom stereocenters. The molecule has 2 heterocycles. The van der Waals surface area contributed by atoms with Crippen molar-refractivity contribution < 1.29 is 36.6 Å². The molecule has 0 saturated heterocycles. The highest BCUT2D eigenvalue weighted by atomic mass is 19.4. The number of alkyl halides is 3. The van der Waals surface area contributed by atoms with Crippen LogP contribution in [0.1, 0.15) is 65.8 Å². The number of benzene rings is 1. The predicted molar refractivity (Wildman–Crippen MR) is 141 cm³/mol. The number of aliphatic imine (C=N–C) groups is 1. The molecule has 41 heavy (non-hydrogen) atoms. The number of aromatic nitrogens is 2. The lowest BCUT2D eigenvalue weighted by atomic mass is 9.81. The lowest BCUT2D eigenvalue weighted by Gasteiger charge is -2.37. The Morgan fingerprint density at radius 1 is 1.00 bits per heavy atom. The van der Waals surface area contributed by atoms with Gasteiger partial charge in [0.25, 0.3) is 11.8 Å². The first-order chi connectivity index (χ1) is 19.5. The topological polar surface area (TPSA) is 120 Å². The molecular weight excluding hydrogens is 551 g/mol. The van der Waals surface area contributed by atoms with Gasteiger partial charge in [-0.05, 0) is 63.1 Å². The molecule has 1 aromatic heterocycles. The van der Waals surface area contributed by atoms with Crippen LogP contribution in [-0.2, 0) is 0 Å². The fraction of sp³-hybridized carbons (Fsp3) is 0.444. The van der Waals surface area contributed by atoms with Crippen LogP contribution in [0.4, 0.5) is 33.5 Å². The van der Waals surface area contributed by atoms with Gasteiger partial charge in [-0.1, -0.05) is 12.2 Å². The van der Waals surface area contributed by atoms with Crippen LogP contribution in [-0.4, -0.2) is 64.4 Å². The summed E-state index contributed by atoms with van der Waals surface area (Å²) in [7, 11) is 0. The van der Waals surface area contributed by atoms with Crippen LogP contribution < -0.4 is 15.5 Å². The van der Waals surface area contributed by atoms with Crippen molar-refractivity contribution in [3.8, 4) is 0 Å². The second-order valence-corrected chi connectivity index (χ2v) is 9.96. The van der Waals surface area contributed by atoms with E-state index in [1.807, 2.05) is 6.08 Å². The number of nitrogens with zero attached hydrogens (tertiary/aromatic N) is 4. The summed E-state index contributed by atoms with van der Waals surface area (Å²) in [5.41, 5.74) is -3.82. The van der Waals surface area contributed by atoms with E-state index in [0.717, 1.165) is 19.3 Å². The Labute approximate surface area is 232 Å². The number of amides is 2. The third-order valence-corrected chi connectivity index (χ3v) is 7.00. The Hall–Kier alpha value is -3.94. The lowest BCUT2D eigenvalue weighted by molar-refractivity contribution is -0.270. The number of allylic oxidation sites excluding steroid dienone is 1. The van der Waals surface area contributed by atoms with Crippen LogP contribution in [0.5, 0.6) is 0 Å². The molecule has 2 aliphatic rings. The molecule has 9 nitrogen and oxygen atoms in total. The SMILES string of the molecule is O=C(Nc1cc(F)c(F)cc1C(=O)NC1CCC(O)(C(F)(F)F)CC1)c1ccc(N2/C=N\CCCC/C=C\C2)nn1. The lowest BCUT2D eigenvalue weighted by Crippen LogP contribution is -2.51. The highest BCUT2D eigenvalue weighted by Gasteiger charge is 2.54. The van der Waals surface area contributed by atoms with Crippen molar-refractivity contribution in [1.82, 2.24) is 15.5 Å². The molecule has 0 radical (unpaired) electrons. The summed E-state index contributed by atoms with van der Waals surface area (Å²) in [6, 6.07) is 3.37. The predicted octanol–water partition coefficient (Wildman–Crippen LogP) is 4.55. The van der Waals surface area contributed by atoms with Crippen LogP contribution in [0, 0.1) is 11.6 Å². The highest BCUT2D eigenvalue weighted by Crippen LogP contribution is 2.41. The van der Waals surface area contributed by atoms with Gasteiger partial charge in [0.1, 0.15) is 0 Å². The number of hydrogen-bond acceptors (Lipinski definition) is 7. The summed E-state index contributed by atoms with van der Waals surface area (Å²) in [6.45, 7) is 1.16. The van der Waals surface area contributed by atoms with Crippen LogP contribution in [0.25, 0.3) is 0 Å². The van der Waals surface area contributed by atoms with E-state index < -0.39 is 59.7 Å². The van der Waals surface area contributed by atoms with Gasteiger partial charge in [0.15, 0.2) is 28.7 Å². The number of hydrogen-bond donors (Lipinski definition) is 3. The maximum Gasteiger partial charge on any atom is 0.417 e. The fourth-order valence-corrected chi connectivity index (χ4v) is 4.54. The van der Waals surface area contributed by atoms with Crippen LogP contribution in [0.15, 0.2) is 41.4 Å². The molecule has 0 atom stereocenters. The first-order valence-corrected chi connectivity index (χ1v) is 13.1. The van der Waals surface area contributed by atoms with Gasteiger partial charge in [-0.25, -0.2) is 8.78 Å². The minimum absolute atomic E-state index is 0.169. The number of anilines is 2. The molecule has 220 valence electrons. The van der Waals surface area contributed by atoms with Gasteiger partial charge in [-0.15, -0.1) is 10.2 Å². The van der Waals surface area contributed by atoms with Crippen molar-refractivity contribution in [2.75, 3.05) is 23.3 Å². The Morgan fingerprint density at radius 2 is 1.73 bits per heavy atom. The van der Waals surface area contributed by atoms with Gasteiger partial charge < -0.3 is 20.6 Å². The minimum Gasteiger partial charge on any atom is -0.380 e. The van der Waals surface area contributed by atoms with Gasteiger partial charge in [-0.2, -0.15) is 13.2 Å². The van der Waals surface area contributed by atoms with Crippen molar-refractivity contribution in [3.05, 3.63) is 59.3 Å². The molecule has 1 fully saturated rings. The first-order valence-electron chi connectivity index (χ1n) is 13.1. The molecule has 3 N–H and O–H groups in total. The van der Waals surface area contributed by atoms with Crippen LogP contribution >= 0.6 is 0 Å². The monoisotopic (exact) mass is 580 g/mol. The number of halogens is 5. The normalized spacial score (nSPS) is 23.4. The molecule has 0 bridgehead atoms. The number of carbonyl (C=O) groups is 2. The van der Waals surface area contributed by atoms with E-state index in [1.54, 1.807) is 11.2 Å². The zero-order chi connectivity index (χ0) is 29.6. The van der Waals surface area contributed by atoms with Gasteiger partial charge in [0.2, 0.25) is 0 Å². The minimum atomic E-state index is -4.81. The molecule has 4 rings (SSSR count). The van der Waals surface area contributed by atoms with E-state index in [9.17, 15) is 36.6 Å². The van der Waals surface area contributed by atoms with E-state index in [-0.39, 0.29) is 24.2 Å². The van der Waals surface area contributed by atoms with Crippen molar-refractivity contribution in [2.45, 2.75) is 62.8 Å². The zero-order valence-electron chi connectivity index (χ0n) is 21.9. The third kappa shape index (κ3) is 7.43. The quantitative estimate of drug-likeness (QED) is 0.353. The van der Waals surface area contributed by atoms with Crippen molar-refractivity contribution in [1.29, 1.82) is 0 Å². The zero-order valence-corrected chi connectivity index (χ0v) is 21.9. The summed E-state index contributed by atoms with van der Waals surface area (Å²) in [4.78, 5) is 31.9. The standard InChI is InChI=1S/C27H29F5N6O3/c28-19-14-18(24(39)34-17-8-10-26(41,11-9-17)27(30,31)32)22(15-20(19)29)35-25(40)21-6-7-23(37-36-21)38-13-5-3-1-2-4-12-33-16-38/h3,5-7,14-17,41H,1-2,4,8-13H2,(H,34,39)(H,35,40)/b5-3-,33-16-. The van der Waals surface area contributed by atoms with Gasteiger partial charge in [0, 0.05) is 25.2 Å². The Morgan fingerprint density at radius 3 is 2.41 bits per heavy atom. The summed E-state index contributed by atoms with van der Waals surface area (Å²) in [5, 5.41) is 22.6. The van der Waals surface area contributed by atoms with Gasteiger partial charge in [-0.3, -0.25) is 14.6 Å². The van der Waals surface area contributed by atoms with Crippen molar-refractivity contribution in [3.63, 3.8) is 0 Å². The number of aliphatic hydroxyl groups is 1. The van der Waals surface area contributed by atoms with E-state index in [0.29, 0.717) is 31.0 Å². The van der Waals surface area contributed by atoms with Crippen LogP contribution in [0.2, 0.25) is 0 Å². The van der Waals surface area contributed by atoms with Gasteiger partial charge in [0.05, 0.1) is 17.6 Å². The van der Waals surface area contributed by atoms with Crippen molar-refractivity contribution in [2.24, 2.45) is 4.99 Å². The molecule has 2 amide bonds. The average molecular weight is 581 g/mol.